The van der Waals surface area contributed by atoms with Crippen LogP contribution in [0.25, 0.3) is 11.0 Å². The fourth-order valence-corrected chi connectivity index (χ4v) is 4.74. The highest BCUT2D eigenvalue weighted by molar-refractivity contribution is 5.78. The zero-order valence-electron chi connectivity index (χ0n) is 23.7. The minimum atomic E-state index is -4.54. The summed E-state index contributed by atoms with van der Waals surface area (Å²) in [6, 6.07) is 13.5. The first kappa shape index (κ1) is 29.1. The quantitative estimate of drug-likeness (QED) is 0.333. The Morgan fingerprint density at radius 3 is 2.48 bits per heavy atom. The lowest BCUT2D eigenvalue weighted by Crippen LogP contribution is -2.44. The summed E-state index contributed by atoms with van der Waals surface area (Å²) >= 11 is 0. The molecule has 0 aliphatic carbocycles. The van der Waals surface area contributed by atoms with Gasteiger partial charge in [-0.15, -0.1) is 0 Å². The van der Waals surface area contributed by atoms with Gasteiger partial charge in [-0.2, -0.15) is 18.2 Å². The van der Waals surface area contributed by atoms with E-state index in [2.05, 4.69) is 32.4 Å². The lowest BCUT2D eigenvalue weighted by atomic mass is 10.1. The van der Waals surface area contributed by atoms with Crippen LogP contribution in [0, 0.1) is 18.8 Å². The molecule has 2 aromatic carbocycles. The van der Waals surface area contributed by atoms with Crippen LogP contribution >= 0.6 is 0 Å². The van der Waals surface area contributed by atoms with Gasteiger partial charge >= 0.3 is 6.18 Å². The predicted octanol–water partition coefficient (Wildman–Crippen LogP) is 4.23. The molecule has 3 heterocycles. The summed E-state index contributed by atoms with van der Waals surface area (Å²) in [4.78, 5) is 26.1. The van der Waals surface area contributed by atoms with Crippen LogP contribution in [0.4, 0.5) is 30.5 Å². The summed E-state index contributed by atoms with van der Waals surface area (Å²) in [5.74, 6) is 6.13. The summed E-state index contributed by atoms with van der Waals surface area (Å²) in [6.45, 7) is 5.13. The van der Waals surface area contributed by atoms with Crippen molar-refractivity contribution in [2.75, 3.05) is 57.0 Å². The van der Waals surface area contributed by atoms with Gasteiger partial charge in [0.05, 0.1) is 11.1 Å². The summed E-state index contributed by atoms with van der Waals surface area (Å²) in [5.41, 5.74) is 1.90. The molecule has 0 bridgehead atoms. The second-order valence-corrected chi connectivity index (χ2v) is 10.5. The van der Waals surface area contributed by atoms with Gasteiger partial charge in [-0.1, -0.05) is 29.5 Å². The van der Waals surface area contributed by atoms with Crippen molar-refractivity contribution in [3.8, 4) is 11.8 Å². The summed E-state index contributed by atoms with van der Waals surface area (Å²) in [6.07, 6.45) is -2.99. The van der Waals surface area contributed by atoms with Gasteiger partial charge in [0.2, 0.25) is 5.95 Å². The highest BCUT2D eigenvalue weighted by Gasteiger charge is 2.35. The SMILES string of the molecule is Cc1ccc(C#Cc2cc3cnc(Nc4ccc(N5CCNCC5)c(C(F)(F)F)c4)nc3n(CCN(C)C)c2=O)cc1. The molecule has 0 saturated carbocycles. The van der Waals surface area contributed by atoms with E-state index in [0.717, 1.165) is 17.2 Å². The number of rotatable bonds is 6. The van der Waals surface area contributed by atoms with Crippen molar-refractivity contribution < 1.29 is 13.2 Å². The van der Waals surface area contributed by atoms with Gasteiger partial charge in [0.15, 0.2) is 0 Å². The molecule has 4 aromatic rings. The molecule has 1 fully saturated rings. The van der Waals surface area contributed by atoms with Crippen LogP contribution in [-0.2, 0) is 12.7 Å². The van der Waals surface area contributed by atoms with Gasteiger partial charge < -0.3 is 20.4 Å². The Kier molecular flexibility index (Phi) is 8.47. The average molecular weight is 576 g/mol. The van der Waals surface area contributed by atoms with Crippen molar-refractivity contribution in [3.05, 3.63) is 87.3 Å². The lowest BCUT2D eigenvalue weighted by Gasteiger charge is -2.31. The standard InChI is InChI=1S/C31H32F3N7O/c1-21-4-6-22(7-5-21)8-9-23-18-24-20-36-30(38-28(24)41(29(23)42)17-16-39(2)3)37-25-10-11-27(26(19-25)31(32,33)34)40-14-12-35-13-15-40/h4-7,10-11,18-20,35H,12-17H2,1-3H3,(H,36,37,38). The number of aryl methyl sites for hydroxylation is 1. The number of likely N-dealkylation sites (N-methyl/N-ethyl adjacent to an activating group) is 1. The molecule has 0 unspecified atom stereocenters. The summed E-state index contributed by atoms with van der Waals surface area (Å²) < 4.78 is 43.7. The molecule has 1 aliphatic heterocycles. The summed E-state index contributed by atoms with van der Waals surface area (Å²) in [5, 5.41) is 6.66. The Morgan fingerprint density at radius 1 is 1.05 bits per heavy atom. The van der Waals surface area contributed by atoms with Crippen molar-refractivity contribution >= 4 is 28.4 Å². The molecule has 1 aliphatic rings. The number of nitrogens with one attached hydrogen (secondary N) is 2. The van der Waals surface area contributed by atoms with Crippen molar-refractivity contribution in [3.63, 3.8) is 0 Å². The molecule has 0 spiro atoms. The molecule has 1 saturated heterocycles. The molecule has 8 nitrogen and oxygen atoms in total. The van der Waals surface area contributed by atoms with Crippen LogP contribution in [0.3, 0.4) is 0 Å². The Hall–Kier alpha value is -4.40. The number of halogens is 3. The van der Waals surface area contributed by atoms with Crippen molar-refractivity contribution in [2.45, 2.75) is 19.6 Å². The first-order chi connectivity index (χ1) is 20.1. The Bertz CT molecular complexity index is 1700. The van der Waals surface area contributed by atoms with E-state index in [0.29, 0.717) is 55.9 Å². The van der Waals surface area contributed by atoms with Gasteiger partial charge in [0.25, 0.3) is 5.56 Å². The molecule has 0 atom stereocenters. The maximum Gasteiger partial charge on any atom is 0.418 e. The van der Waals surface area contributed by atoms with Crippen LogP contribution in [0.5, 0.6) is 0 Å². The first-order valence-corrected chi connectivity index (χ1v) is 13.7. The number of nitrogens with zero attached hydrogens (tertiary/aromatic N) is 5. The number of piperazine rings is 1. The maximum atomic E-state index is 14.1. The number of aromatic nitrogens is 3. The van der Waals surface area contributed by atoms with Gasteiger partial charge in [-0.25, -0.2) is 4.98 Å². The highest BCUT2D eigenvalue weighted by atomic mass is 19.4. The van der Waals surface area contributed by atoms with Gasteiger partial charge in [-0.3, -0.25) is 9.36 Å². The predicted molar refractivity (Wildman–Crippen MR) is 159 cm³/mol. The number of hydrogen-bond donors (Lipinski definition) is 2. The molecule has 218 valence electrons. The van der Waals surface area contributed by atoms with E-state index in [1.54, 1.807) is 23.2 Å². The van der Waals surface area contributed by atoms with E-state index in [-0.39, 0.29) is 22.9 Å². The second kappa shape index (κ2) is 12.2. The Balaban J connectivity index is 1.51. The maximum absolute atomic E-state index is 14.1. The smallest absolute Gasteiger partial charge is 0.368 e. The normalized spacial score (nSPS) is 13.7. The van der Waals surface area contributed by atoms with E-state index < -0.39 is 11.7 Å². The minimum absolute atomic E-state index is 0.0852. The molecular formula is C31H32F3N7O. The van der Waals surface area contributed by atoms with Gasteiger partial charge in [0.1, 0.15) is 5.65 Å². The zero-order chi connectivity index (χ0) is 29.9. The number of anilines is 3. The van der Waals surface area contributed by atoms with E-state index in [9.17, 15) is 18.0 Å². The molecular weight excluding hydrogens is 543 g/mol. The number of alkyl halides is 3. The first-order valence-electron chi connectivity index (χ1n) is 13.7. The molecule has 5 rings (SSSR count). The van der Waals surface area contributed by atoms with E-state index in [1.807, 2.05) is 50.2 Å². The van der Waals surface area contributed by atoms with Crippen LogP contribution in [-0.4, -0.2) is 66.3 Å². The van der Waals surface area contributed by atoms with Crippen LogP contribution in [0.2, 0.25) is 0 Å². The fourth-order valence-electron chi connectivity index (χ4n) is 4.74. The molecule has 2 N–H and O–H groups in total. The number of benzene rings is 2. The largest absolute Gasteiger partial charge is 0.418 e. The summed E-state index contributed by atoms with van der Waals surface area (Å²) in [7, 11) is 3.80. The number of pyridine rings is 1. The topological polar surface area (TPSA) is 78.3 Å². The minimum Gasteiger partial charge on any atom is -0.368 e. The van der Waals surface area contributed by atoms with Crippen molar-refractivity contribution in [1.82, 2.24) is 24.8 Å². The van der Waals surface area contributed by atoms with Gasteiger partial charge in [-0.05, 0) is 57.4 Å². The van der Waals surface area contributed by atoms with Crippen molar-refractivity contribution in [1.29, 1.82) is 0 Å². The molecule has 2 aromatic heterocycles. The molecule has 42 heavy (non-hydrogen) atoms. The van der Waals surface area contributed by atoms with Crippen molar-refractivity contribution in [2.24, 2.45) is 0 Å². The van der Waals surface area contributed by atoms with Gasteiger partial charge in [0, 0.05) is 67.8 Å². The average Bonchev–Trinajstić information content (AvgIpc) is 2.96. The highest BCUT2D eigenvalue weighted by Crippen LogP contribution is 2.38. The monoisotopic (exact) mass is 575 g/mol. The third-order valence-electron chi connectivity index (χ3n) is 7.01. The number of fused-ring (bicyclic) bond motifs is 1. The number of hydrogen-bond acceptors (Lipinski definition) is 7. The van der Waals surface area contributed by atoms with E-state index in [4.69, 9.17) is 0 Å². The van der Waals surface area contributed by atoms with E-state index >= 15 is 0 Å². The zero-order valence-corrected chi connectivity index (χ0v) is 23.7. The van der Waals surface area contributed by atoms with Crippen LogP contribution in [0.1, 0.15) is 22.3 Å². The second-order valence-electron chi connectivity index (χ2n) is 10.5. The van der Waals surface area contributed by atoms with Crippen LogP contribution in [0.15, 0.2) is 59.5 Å². The third kappa shape index (κ3) is 6.73. The molecule has 0 radical (unpaired) electrons. The van der Waals surface area contributed by atoms with E-state index in [1.165, 1.54) is 10.6 Å². The lowest BCUT2D eigenvalue weighted by molar-refractivity contribution is -0.137. The Morgan fingerprint density at radius 2 is 1.79 bits per heavy atom. The fraction of sp³-hybridized carbons (Fsp3) is 0.323. The third-order valence-corrected chi connectivity index (χ3v) is 7.01. The molecule has 11 heteroatoms. The molecule has 0 amide bonds. The Labute approximate surface area is 242 Å². The van der Waals surface area contributed by atoms with Crippen LogP contribution < -0.4 is 21.1 Å².